The molecule has 0 unspecified atom stereocenters. The van der Waals surface area contributed by atoms with E-state index in [0.717, 1.165) is 21.0 Å². The van der Waals surface area contributed by atoms with Crippen molar-refractivity contribution in [2.24, 2.45) is 9.98 Å². The van der Waals surface area contributed by atoms with Crippen molar-refractivity contribution in [1.82, 2.24) is 10.6 Å². The Balaban J connectivity index is 3.26. The Morgan fingerprint density at radius 2 is 1.13 bits per heavy atom. The second-order valence-electron chi connectivity index (χ2n) is 6.02. The lowest BCUT2D eigenvalue weighted by molar-refractivity contribution is -0.221. The lowest BCUT2D eigenvalue weighted by Crippen LogP contribution is -2.24. The minimum absolute atomic E-state index is 0.0146. The minimum Gasteiger partial charge on any atom is -0.449 e. The van der Waals surface area contributed by atoms with Crippen molar-refractivity contribution in [1.29, 1.82) is 0 Å². The van der Waals surface area contributed by atoms with Crippen LogP contribution in [0.15, 0.2) is 9.98 Å². The van der Waals surface area contributed by atoms with Gasteiger partial charge in [0.25, 0.3) is 0 Å². The second kappa shape index (κ2) is 33.6. The fourth-order valence-corrected chi connectivity index (χ4v) is 6.40. The summed E-state index contributed by atoms with van der Waals surface area (Å²) in [6.07, 6.45) is 1.45. The lowest BCUT2D eigenvalue weighted by Gasteiger charge is -2.06. The van der Waals surface area contributed by atoms with Gasteiger partial charge in [-0.25, -0.2) is 19.6 Å². The molecule has 228 valence electrons. The zero-order valence-corrected chi connectivity index (χ0v) is 26.2. The highest BCUT2D eigenvalue weighted by molar-refractivity contribution is 8.16. The molecule has 14 nitrogen and oxygen atoms in total. The van der Waals surface area contributed by atoms with Crippen LogP contribution in [0.4, 0.5) is 9.59 Å². The van der Waals surface area contributed by atoms with E-state index < -0.39 is 12.2 Å². The van der Waals surface area contributed by atoms with Crippen molar-refractivity contribution in [2.45, 2.75) is 0 Å². The molecule has 0 aliphatic heterocycles. The van der Waals surface area contributed by atoms with Crippen molar-refractivity contribution in [3.05, 3.63) is 0 Å². The molecule has 4 N–H and O–H groups in total. The van der Waals surface area contributed by atoms with E-state index in [2.05, 4.69) is 35.1 Å². The summed E-state index contributed by atoms with van der Waals surface area (Å²) in [6.45, 7) is 0.531. The maximum absolute atomic E-state index is 11.6. The quantitative estimate of drug-likeness (QED) is 0.0238. The first-order valence-electron chi connectivity index (χ1n) is 11.2. The van der Waals surface area contributed by atoms with Gasteiger partial charge in [-0.15, -0.1) is 70.6 Å². The molecule has 0 spiro atoms. The number of ether oxygens (including phenoxy) is 2. The van der Waals surface area contributed by atoms with Gasteiger partial charge in [0.1, 0.15) is 26.4 Å². The van der Waals surface area contributed by atoms with E-state index >= 15 is 0 Å². The van der Waals surface area contributed by atoms with Gasteiger partial charge in [0.2, 0.25) is 12.8 Å². The Morgan fingerprint density at radius 1 is 0.641 bits per heavy atom. The molecular formula is C19H36N4O10S6. The Labute approximate surface area is 253 Å². The third kappa shape index (κ3) is 33.5. The fraction of sp³-hybridized carbons (Fsp3) is 0.789. The number of alkyl carbamates (subject to hydrolysis) is 2. The van der Waals surface area contributed by atoms with Gasteiger partial charge in [0.15, 0.2) is 0 Å². The van der Waals surface area contributed by atoms with Crippen LogP contribution >= 0.6 is 70.6 Å². The number of aliphatic hydroxyl groups is 2. The van der Waals surface area contributed by atoms with Crippen LogP contribution in [0.3, 0.4) is 0 Å². The van der Waals surface area contributed by atoms with E-state index in [4.69, 9.17) is 24.7 Å². The van der Waals surface area contributed by atoms with E-state index in [1.54, 1.807) is 47.0 Å². The van der Waals surface area contributed by atoms with Crippen LogP contribution in [0.5, 0.6) is 0 Å². The van der Waals surface area contributed by atoms with Gasteiger partial charge in [0, 0.05) is 26.8 Å². The van der Waals surface area contributed by atoms with Gasteiger partial charge in [-0.3, -0.25) is 0 Å². The Bertz CT molecular complexity index is 631. The molecular weight excluding hydrogens is 637 g/mol. The maximum Gasteiger partial charge on any atom is 0.407 e. The number of hydrogen-bond acceptors (Lipinski definition) is 18. The number of carbonyl (C=O) groups excluding carboxylic acids is 2. The molecule has 0 aromatic carbocycles. The maximum atomic E-state index is 11.6. The van der Waals surface area contributed by atoms with E-state index in [0.29, 0.717) is 42.5 Å². The van der Waals surface area contributed by atoms with Crippen LogP contribution in [0.1, 0.15) is 0 Å². The smallest absolute Gasteiger partial charge is 0.407 e. The summed E-state index contributed by atoms with van der Waals surface area (Å²) in [6, 6.07) is 0. The van der Waals surface area contributed by atoms with E-state index in [9.17, 15) is 9.59 Å². The molecule has 0 heterocycles. The average Bonchev–Trinajstić information content (AvgIpc) is 2.94. The molecule has 0 aliphatic carbocycles. The number of nitrogens with zero attached hydrogens (tertiary/aromatic N) is 2. The topological polar surface area (TPSA) is 179 Å². The second-order valence-corrected chi connectivity index (χ2v) is 13.2. The average molecular weight is 673 g/mol. The molecule has 0 atom stereocenters. The van der Waals surface area contributed by atoms with Crippen molar-refractivity contribution in [3.63, 3.8) is 0 Å². The van der Waals surface area contributed by atoms with Crippen LogP contribution in [0.2, 0.25) is 0 Å². The molecule has 0 radical (unpaired) electrons. The van der Waals surface area contributed by atoms with Crippen molar-refractivity contribution < 1.29 is 48.8 Å². The first-order valence-corrected chi connectivity index (χ1v) is 18.2. The van der Waals surface area contributed by atoms with Gasteiger partial charge < -0.3 is 40.1 Å². The van der Waals surface area contributed by atoms with E-state index in [1.165, 1.54) is 36.3 Å². The first kappa shape index (κ1) is 38.4. The Hall–Kier alpha value is -0.580. The predicted molar refractivity (Wildman–Crippen MR) is 164 cm³/mol. The minimum atomic E-state index is -0.549. The van der Waals surface area contributed by atoms with Crippen LogP contribution in [-0.4, -0.2) is 125 Å². The Kier molecular flexibility index (Phi) is 33.1. The normalized spacial score (nSPS) is 11.1. The van der Waals surface area contributed by atoms with Gasteiger partial charge in [-0.1, -0.05) is 0 Å². The third-order valence-electron chi connectivity index (χ3n) is 3.11. The lowest BCUT2D eigenvalue weighted by atomic mass is 10.8. The van der Waals surface area contributed by atoms with E-state index in [1.807, 2.05) is 0 Å². The molecule has 0 fully saturated rings. The van der Waals surface area contributed by atoms with Crippen molar-refractivity contribution >= 4 is 95.6 Å². The number of rotatable bonds is 28. The van der Waals surface area contributed by atoms with Gasteiger partial charge in [0.05, 0.1) is 36.7 Å². The highest BCUT2D eigenvalue weighted by atomic mass is 32.2. The van der Waals surface area contributed by atoms with Gasteiger partial charge in [-0.05, 0) is 0 Å². The van der Waals surface area contributed by atoms with Gasteiger partial charge in [-0.2, -0.15) is 9.78 Å². The van der Waals surface area contributed by atoms with Crippen LogP contribution in [-0.2, 0) is 29.0 Å². The third-order valence-corrected chi connectivity index (χ3v) is 9.38. The van der Waals surface area contributed by atoms with Crippen LogP contribution in [0.25, 0.3) is 0 Å². The highest BCUT2D eigenvalue weighted by Crippen LogP contribution is 2.13. The summed E-state index contributed by atoms with van der Waals surface area (Å²) in [4.78, 5) is 49.7. The number of amides is 2. The summed E-state index contributed by atoms with van der Waals surface area (Å²) in [7, 11) is 0. The SMILES string of the molecule is O=C(NCSCSC/N=C/OOCCSCSCCOC(=O)NCSCSC/N=C/OOCCO)OCCO. The number of nitrogens with one attached hydrogen (secondary N) is 2. The fourth-order valence-electron chi connectivity index (χ4n) is 1.62. The Morgan fingerprint density at radius 3 is 1.69 bits per heavy atom. The molecule has 0 saturated heterocycles. The summed E-state index contributed by atoms with van der Waals surface area (Å²) in [5, 5.41) is 24.6. The first-order chi connectivity index (χ1) is 19.2. The standard InChI is InChI=1S/C19H36N4O10S6/c24-1-3-28-18(26)22-13-38-16-37-12-21-10-33-31-6-8-35-15-34-7-5-29-19(27)23-14-39-17-36-11-20-9-32-30-4-2-25/h9-10,24-25H,1-8,11-17H2,(H,22,26)(H,23,27)/b20-9+,21-10+. The zero-order chi connectivity index (χ0) is 28.5. The molecule has 20 heteroatoms. The summed E-state index contributed by atoms with van der Waals surface area (Å²) < 4.78 is 9.76. The summed E-state index contributed by atoms with van der Waals surface area (Å²) in [5.41, 5.74) is 0. The largest absolute Gasteiger partial charge is 0.449 e. The molecule has 2 amide bonds. The highest BCUT2D eigenvalue weighted by Gasteiger charge is 2.01. The molecule has 0 aromatic rings. The molecule has 0 saturated carbocycles. The number of aliphatic imine (C=N–C) groups is 2. The number of aliphatic hydroxyl groups excluding tert-OH is 2. The van der Waals surface area contributed by atoms with Crippen LogP contribution in [0, 0.1) is 0 Å². The van der Waals surface area contributed by atoms with Gasteiger partial charge >= 0.3 is 12.2 Å². The molecule has 0 rings (SSSR count). The number of thioether (sulfide) groups is 6. The number of carbonyl (C=O) groups is 2. The monoisotopic (exact) mass is 672 g/mol. The summed E-state index contributed by atoms with van der Waals surface area (Å²) in [5.74, 6) is 3.33. The molecule has 39 heavy (non-hydrogen) atoms. The number of hydrogen-bond donors (Lipinski definition) is 4. The zero-order valence-electron chi connectivity index (χ0n) is 21.3. The summed E-state index contributed by atoms with van der Waals surface area (Å²) >= 11 is 9.49. The van der Waals surface area contributed by atoms with Crippen molar-refractivity contribution in [2.75, 3.05) is 89.9 Å². The molecule has 0 aliphatic rings. The molecule has 0 bridgehead atoms. The van der Waals surface area contributed by atoms with E-state index in [-0.39, 0.29) is 26.4 Å². The van der Waals surface area contributed by atoms with Crippen LogP contribution < -0.4 is 10.6 Å². The van der Waals surface area contributed by atoms with Crippen molar-refractivity contribution in [3.8, 4) is 0 Å². The molecule has 0 aromatic heterocycles. The predicted octanol–water partition coefficient (Wildman–Crippen LogP) is 2.48.